The van der Waals surface area contributed by atoms with Crippen LogP contribution in [0.1, 0.15) is 103 Å². The van der Waals surface area contributed by atoms with Crippen LogP contribution in [0.2, 0.25) is 0 Å². The Morgan fingerprint density at radius 3 is 1.40 bits per heavy atom. The molecule has 0 radical (unpaired) electrons. The third-order valence-corrected chi connectivity index (χ3v) is 3.92. The lowest BCUT2D eigenvalue weighted by Gasteiger charge is -2.02. The molecule has 0 heterocycles. The monoisotopic (exact) mass is 282 g/mol. The maximum absolute atomic E-state index is 8.65. The van der Waals surface area contributed by atoms with Crippen molar-refractivity contribution < 1.29 is 5.11 Å². The molecule has 1 nitrogen and oxygen atoms in total. The Kier molecular flexibility index (Phi) is 18.4. The summed E-state index contributed by atoms with van der Waals surface area (Å²) in [5.74, 6) is 0. The van der Waals surface area contributed by atoms with Crippen LogP contribution in [0.15, 0.2) is 12.2 Å². The molecule has 0 aliphatic carbocycles. The fourth-order valence-corrected chi connectivity index (χ4v) is 2.55. The molecule has 0 aromatic carbocycles. The van der Waals surface area contributed by atoms with Gasteiger partial charge in [0.2, 0.25) is 0 Å². The largest absolute Gasteiger partial charge is 0.396 e. The van der Waals surface area contributed by atoms with E-state index in [0.717, 1.165) is 12.8 Å². The first-order valence-corrected chi connectivity index (χ1v) is 9.17. The van der Waals surface area contributed by atoms with Crippen molar-refractivity contribution >= 4 is 0 Å². The van der Waals surface area contributed by atoms with Gasteiger partial charge < -0.3 is 5.11 Å². The van der Waals surface area contributed by atoms with Crippen molar-refractivity contribution in [2.24, 2.45) is 0 Å². The van der Waals surface area contributed by atoms with Crippen molar-refractivity contribution in [1.82, 2.24) is 0 Å². The van der Waals surface area contributed by atoms with Crippen molar-refractivity contribution in [3.63, 3.8) is 0 Å². The smallest absolute Gasteiger partial charge is 0.0433 e. The Hall–Kier alpha value is -0.300. The zero-order valence-corrected chi connectivity index (χ0v) is 13.9. The van der Waals surface area contributed by atoms with E-state index in [1.807, 2.05) is 0 Å². The van der Waals surface area contributed by atoms with Crippen LogP contribution in [0.5, 0.6) is 0 Å². The molecular weight excluding hydrogens is 244 g/mol. The van der Waals surface area contributed by atoms with Crippen LogP contribution in [-0.4, -0.2) is 11.7 Å². The van der Waals surface area contributed by atoms with Crippen LogP contribution in [0, 0.1) is 0 Å². The lowest BCUT2D eigenvalue weighted by Crippen LogP contribution is -1.82. The second-order valence-electron chi connectivity index (χ2n) is 6.02. The van der Waals surface area contributed by atoms with Gasteiger partial charge in [0.15, 0.2) is 0 Å². The highest BCUT2D eigenvalue weighted by molar-refractivity contribution is 4.81. The number of aliphatic hydroxyl groups is 1. The topological polar surface area (TPSA) is 20.2 Å². The molecule has 0 aliphatic heterocycles. The van der Waals surface area contributed by atoms with Crippen LogP contribution >= 0.6 is 0 Å². The normalized spacial score (nSPS) is 11.5. The molecule has 0 saturated carbocycles. The first kappa shape index (κ1) is 19.7. The maximum atomic E-state index is 8.65. The Bertz CT molecular complexity index is 186. The molecule has 0 saturated heterocycles. The molecule has 0 spiro atoms. The molecule has 1 N–H and O–H groups in total. The maximum Gasteiger partial charge on any atom is 0.0433 e. The molecule has 1 heteroatoms. The number of unbranched alkanes of at least 4 members (excludes halogenated alkanes) is 13. The highest BCUT2D eigenvalue weighted by atomic mass is 16.2. The summed E-state index contributed by atoms with van der Waals surface area (Å²) < 4.78 is 0. The fraction of sp³-hybridized carbons (Fsp3) is 0.895. The minimum atomic E-state index is 0.322. The third kappa shape index (κ3) is 17.7. The first-order valence-electron chi connectivity index (χ1n) is 9.17. The summed E-state index contributed by atoms with van der Waals surface area (Å²) in [5.41, 5.74) is 0. The van der Waals surface area contributed by atoms with E-state index in [-0.39, 0.29) is 0 Å². The average Bonchev–Trinajstić information content (AvgIpc) is 2.47. The van der Waals surface area contributed by atoms with E-state index in [4.69, 9.17) is 5.11 Å². The molecule has 0 aliphatic rings. The zero-order chi connectivity index (χ0) is 14.7. The second-order valence-corrected chi connectivity index (χ2v) is 6.02. The van der Waals surface area contributed by atoms with E-state index >= 15 is 0 Å². The van der Waals surface area contributed by atoms with E-state index in [9.17, 15) is 0 Å². The van der Waals surface area contributed by atoms with Gasteiger partial charge in [-0.2, -0.15) is 0 Å². The number of hydrogen-bond donors (Lipinski definition) is 1. The Balaban J connectivity index is 2.97. The number of hydrogen-bond acceptors (Lipinski definition) is 1. The van der Waals surface area contributed by atoms with Crippen LogP contribution in [-0.2, 0) is 0 Å². The summed E-state index contributed by atoms with van der Waals surface area (Å²) in [4.78, 5) is 0. The van der Waals surface area contributed by atoms with Crippen molar-refractivity contribution in [2.45, 2.75) is 103 Å². The van der Waals surface area contributed by atoms with E-state index in [0.29, 0.717) is 6.61 Å². The van der Waals surface area contributed by atoms with Gasteiger partial charge in [-0.3, -0.25) is 0 Å². The molecule has 0 unspecified atom stereocenters. The van der Waals surface area contributed by atoms with Crippen LogP contribution in [0.4, 0.5) is 0 Å². The van der Waals surface area contributed by atoms with Crippen molar-refractivity contribution in [3.05, 3.63) is 12.2 Å². The van der Waals surface area contributed by atoms with Crippen LogP contribution in [0.3, 0.4) is 0 Å². The summed E-state index contributed by atoms with van der Waals surface area (Å²) in [5, 5.41) is 8.65. The van der Waals surface area contributed by atoms with Gasteiger partial charge in [0.05, 0.1) is 0 Å². The zero-order valence-electron chi connectivity index (χ0n) is 13.9. The van der Waals surface area contributed by atoms with Crippen LogP contribution < -0.4 is 0 Å². The molecule has 0 rings (SSSR count). The van der Waals surface area contributed by atoms with E-state index < -0.39 is 0 Å². The van der Waals surface area contributed by atoms with Gasteiger partial charge in [0.1, 0.15) is 0 Å². The third-order valence-electron chi connectivity index (χ3n) is 3.92. The van der Waals surface area contributed by atoms with Crippen LogP contribution in [0.25, 0.3) is 0 Å². The summed E-state index contributed by atoms with van der Waals surface area (Å²) in [7, 11) is 0. The molecule has 0 aromatic heterocycles. The lowest BCUT2D eigenvalue weighted by atomic mass is 10.0. The van der Waals surface area contributed by atoms with Gasteiger partial charge in [-0.05, 0) is 25.7 Å². The molecule has 20 heavy (non-hydrogen) atoms. The lowest BCUT2D eigenvalue weighted by molar-refractivity contribution is 0.289. The predicted octanol–water partition coefficient (Wildman–Crippen LogP) is 6.41. The van der Waals surface area contributed by atoms with Gasteiger partial charge >= 0.3 is 0 Å². The molecular formula is C19H38O. The average molecular weight is 283 g/mol. The van der Waals surface area contributed by atoms with Crippen molar-refractivity contribution in [3.8, 4) is 0 Å². The van der Waals surface area contributed by atoms with Gasteiger partial charge in [0, 0.05) is 6.61 Å². The molecule has 0 atom stereocenters. The second kappa shape index (κ2) is 18.7. The van der Waals surface area contributed by atoms with E-state index in [1.54, 1.807) is 0 Å². The number of allylic oxidation sites excluding steroid dienone is 2. The highest BCUT2D eigenvalue weighted by Gasteiger charge is 1.92. The fourth-order valence-electron chi connectivity index (χ4n) is 2.55. The number of aliphatic hydroxyl groups excluding tert-OH is 1. The molecule has 0 bridgehead atoms. The number of rotatable bonds is 16. The minimum Gasteiger partial charge on any atom is -0.396 e. The van der Waals surface area contributed by atoms with Crippen molar-refractivity contribution in [1.29, 1.82) is 0 Å². The summed E-state index contributed by atoms with van der Waals surface area (Å²) in [6.07, 6.45) is 24.7. The summed E-state index contributed by atoms with van der Waals surface area (Å²) in [6, 6.07) is 0. The summed E-state index contributed by atoms with van der Waals surface area (Å²) in [6.45, 7) is 2.61. The Morgan fingerprint density at radius 1 is 0.550 bits per heavy atom. The van der Waals surface area contributed by atoms with Gasteiger partial charge in [-0.15, -0.1) is 0 Å². The van der Waals surface area contributed by atoms with E-state index in [1.165, 1.54) is 83.5 Å². The van der Waals surface area contributed by atoms with E-state index in [2.05, 4.69) is 19.1 Å². The molecule has 0 aromatic rings. The molecule has 120 valence electrons. The molecule has 0 amide bonds. The van der Waals surface area contributed by atoms with Gasteiger partial charge in [0.25, 0.3) is 0 Å². The minimum absolute atomic E-state index is 0.322. The van der Waals surface area contributed by atoms with Gasteiger partial charge in [-0.25, -0.2) is 0 Å². The standard InChI is InChI=1S/C19H38O/c1-2-3-4-5-6-7-8-9-10-11-12-13-14-15-16-17-18-19-20/h15-16,20H,2-14,17-19H2,1H3/b16-15+. The predicted molar refractivity (Wildman–Crippen MR) is 91.2 cm³/mol. The highest BCUT2D eigenvalue weighted by Crippen LogP contribution is 2.12. The first-order chi connectivity index (χ1) is 9.91. The summed E-state index contributed by atoms with van der Waals surface area (Å²) >= 11 is 0. The Morgan fingerprint density at radius 2 is 0.950 bits per heavy atom. The Labute approximate surface area is 127 Å². The SMILES string of the molecule is CCCCCCCCCCCCCC/C=C/CCCO. The quantitative estimate of drug-likeness (QED) is 0.256. The van der Waals surface area contributed by atoms with Crippen molar-refractivity contribution in [2.75, 3.05) is 6.61 Å². The molecule has 0 fully saturated rings. The van der Waals surface area contributed by atoms with Gasteiger partial charge in [-0.1, -0.05) is 89.7 Å².